The molecule has 2 aliphatic heterocycles. The number of carbonyl (C=O) groups excluding carboxylic acids is 1. The Morgan fingerprint density at radius 3 is 3.05 bits per heavy atom. The van der Waals surface area contributed by atoms with Crippen molar-refractivity contribution in [2.24, 2.45) is 0 Å². The van der Waals surface area contributed by atoms with E-state index in [1.165, 1.54) is 0 Å². The van der Waals surface area contributed by atoms with Crippen LogP contribution in [-0.2, 0) is 4.79 Å². The summed E-state index contributed by atoms with van der Waals surface area (Å²) in [7, 11) is 0. The molecule has 7 heteroatoms. The van der Waals surface area contributed by atoms with Gasteiger partial charge in [0.05, 0.1) is 6.54 Å². The maximum absolute atomic E-state index is 12.0. The van der Waals surface area contributed by atoms with Crippen molar-refractivity contribution in [1.82, 2.24) is 10.2 Å². The van der Waals surface area contributed by atoms with Gasteiger partial charge in [0.15, 0.2) is 11.5 Å². The Kier molecular flexibility index (Phi) is 5.27. The smallest absolute Gasteiger partial charge is 0.238 e. The molecule has 1 amide bonds. The highest BCUT2D eigenvalue weighted by molar-refractivity contribution is 5.92. The van der Waals surface area contributed by atoms with Gasteiger partial charge in [0, 0.05) is 37.4 Å². The minimum atomic E-state index is -0.00188. The van der Waals surface area contributed by atoms with Crippen LogP contribution in [-0.4, -0.2) is 49.8 Å². The van der Waals surface area contributed by atoms with Gasteiger partial charge in [0.25, 0.3) is 0 Å². The molecule has 0 spiro atoms. The number of rotatable bonds is 3. The lowest BCUT2D eigenvalue weighted by Gasteiger charge is -2.31. The molecule has 1 aromatic carbocycles. The van der Waals surface area contributed by atoms with Gasteiger partial charge in [0.1, 0.15) is 0 Å². The fraction of sp³-hybridized carbons (Fsp3) is 0.500. The summed E-state index contributed by atoms with van der Waals surface area (Å²) in [4.78, 5) is 14.2. The number of carbonyl (C=O) groups is 1. The quantitative estimate of drug-likeness (QED) is 0.874. The van der Waals surface area contributed by atoms with Crippen molar-refractivity contribution in [2.45, 2.75) is 13.0 Å². The van der Waals surface area contributed by atoms with E-state index in [0.29, 0.717) is 18.3 Å². The van der Waals surface area contributed by atoms with E-state index in [1.54, 1.807) is 6.07 Å². The van der Waals surface area contributed by atoms with Gasteiger partial charge in [-0.15, -0.1) is 12.4 Å². The largest absolute Gasteiger partial charge is 0.454 e. The SMILES string of the molecule is CC1CN(CC(=O)Nc2ccc3c(c2)OCO3)CCN1.Cl. The molecule has 0 bridgehead atoms. The topological polar surface area (TPSA) is 62.8 Å². The van der Waals surface area contributed by atoms with Crippen LogP contribution in [0.4, 0.5) is 5.69 Å². The Labute approximate surface area is 130 Å². The highest BCUT2D eigenvalue weighted by atomic mass is 35.5. The molecule has 0 saturated carbocycles. The van der Waals surface area contributed by atoms with Crippen LogP contribution in [0, 0.1) is 0 Å². The van der Waals surface area contributed by atoms with Gasteiger partial charge in [-0.1, -0.05) is 0 Å². The van der Waals surface area contributed by atoms with E-state index in [-0.39, 0.29) is 25.1 Å². The van der Waals surface area contributed by atoms with Gasteiger partial charge in [-0.2, -0.15) is 0 Å². The third-order valence-electron chi connectivity index (χ3n) is 3.48. The molecule has 21 heavy (non-hydrogen) atoms. The van der Waals surface area contributed by atoms with E-state index >= 15 is 0 Å². The number of hydrogen-bond acceptors (Lipinski definition) is 5. The van der Waals surface area contributed by atoms with Crippen LogP contribution in [0.25, 0.3) is 0 Å². The fourth-order valence-corrected chi connectivity index (χ4v) is 2.53. The molecule has 2 aliphatic rings. The van der Waals surface area contributed by atoms with E-state index in [4.69, 9.17) is 9.47 Å². The monoisotopic (exact) mass is 313 g/mol. The summed E-state index contributed by atoms with van der Waals surface area (Å²) in [6, 6.07) is 5.86. The third kappa shape index (κ3) is 4.00. The van der Waals surface area contributed by atoms with Gasteiger partial charge >= 0.3 is 0 Å². The zero-order chi connectivity index (χ0) is 13.9. The Balaban J connectivity index is 0.00000161. The van der Waals surface area contributed by atoms with Crippen molar-refractivity contribution >= 4 is 24.0 Å². The standard InChI is InChI=1S/C14H19N3O3.ClH/c1-10-7-17(5-4-15-10)8-14(18)16-11-2-3-12-13(6-11)20-9-19-12;/h2-3,6,10,15H,4-5,7-9H2,1H3,(H,16,18);1H. The summed E-state index contributed by atoms with van der Waals surface area (Å²) in [6.45, 7) is 5.51. The van der Waals surface area contributed by atoms with Crippen molar-refractivity contribution < 1.29 is 14.3 Å². The van der Waals surface area contributed by atoms with Gasteiger partial charge in [-0.05, 0) is 19.1 Å². The van der Waals surface area contributed by atoms with Gasteiger partial charge in [-0.25, -0.2) is 0 Å². The predicted molar refractivity (Wildman–Crippen MR) is 82.3 cm³/mol. The van der Waals surface area contributed by atoms with Crippen molar-refractivity contribution in [3.05, 3.63) is 18.2 Å². The molecule has 2 N–H and O–H groups in total. The fourth-order valence-electron chi connectivity index (χ4n) is 2.53. The van der Waals surface area contributed by atoms with Gasteiger partial charge in [-0.3, -0.25) is 9.69 Å². The highest BCUT2D eigenvalue weighted by Gasteiger charge is 2.19. The second-order valence-electron chi connectivity index (χ2n) is 5.21. The second kappa shape index (κ2) is 6.98. The first kappa shape index (κ1) is 15.9. The molecular weight excluding hydrogens is 294 g/mol. The first-order chi connectivity index (χ1) is 9.70. The molecule has 1 fully saturated rings. The van der Waals surface area contributed by atoms with Crippen molar-refractivity contribution in [3.8, 4) is 11.5 Å². The van der Waals surface area contributed by atoms with Crippen LogP contribution in [0.5, 0.6) is 11.5 Å². The maximum atomic E-state index is 12.0. The van der Waals surface area contributed by atoms with Crippen LogP contribution >= 0.6 is 12.4 Å². The number of anilines is 1. The molecule has 0 aromatic heterocycles. The Morgan fingerprint density at radius 1 is 1.43 bits per heavy atom. The van der Waals surface area contributed by atoms with Crippen LogP contribution < -0.4 is 20.1 Å². The maximum Gasteiger partial charge on any atom is 0.238 e. The Morgan fingerprint density at radius 2 is 2.24 bits per heavy atom. The zero-order valence-electron chi connectivity index (χ0n) is 11.9. The van der Waals surface area contributed by atoms with E-state index in [1.807, 2.05) is 12.1 Å². The van der Waals surface area contributed by atoms with Crippen molar-refractivity contribution in [1.29, 1.82) is 0 Å². The molecule has 1 aromatic rings. The summed E-state index contributed by atoms with van der Waals surface area (Å²) in [5, 5.41) is 6.26. The van der Waals surface area contributed by atoms with Crippen molar-refractivity contribution in [3.63, 3.8) is 0 Å². The number of fused-ring (bicyclic) bond motifs is 1. The van der Waals surface area contributed by atoms with Gasteiger partial charge in [0.2, 0.25) is 12.7 Å². The lowest BCUT2D eigenvalue weighted by molar-refractivity contribution is -0.117. The van der Waals surface area contributed by atoms with Crippen LogP contribution in [0.1, 0.15) is 6.92 Å². The number of nitrogens with one attached hydrogen (secondary N) is 2. The first-order valence-corrected chi connectivity index (χ1v) is 6.86. The average Bonchev–Trinajstić information content (AvgIpc) is 2.86. The predicted octanol–water partition coefficient (Wildman–Crippen LogP) is 1.07. The minimum Gasteiger partial charge on any atom is -0.454 e. The second-order valence-corrected chi connectivity index (χ2v) is 5.21. The highest BCUT2D eigenvalue weighted by Crippen LogP contribution is 2.34. The zero-order valence-corrected chi connectivity index (χ0v) is 12.7. The number of hydrogen-bond donors (Lipinski definition) is 2. The van der Waals surface area contributed by atoms with Crippen LogP contribution in [0.3, 0.4) is 0 Å². The first-order valence-electron chi connectivity index (χ1n) is 6.86. The minimum absolute atomic E-state index is 0. The normalized spacial score (nSPS) is 20.7. The molecule has 3 rings (SSSR count). The van der Waals surface area contributed by atoms with Crippen LogP contribution in [0.2, 0.25) is 0 Å². The number of ether oxygens (including phenoxy) is 2. The van der Waals surface area contributed by atoms with E-state index in [0.717, 1.165) is 31.1 Å². The molecular formula is C14H20ClN3O3. The number of halogens is 1. The average molecular weight is 314 g/mol. The molecule has 2 heterocycles. The Bertz CT molecular complexity index is 512. The molecule has 1 saturated heterocycles. The Hall–Kier alpha value is -1.50. The summed E-state index contributed by atoms with van der Waals surface area (Å²) >= 11 is 0. The summed E-state index contributed by atoms with van der Waals surface area (Å²) < 4.78 is 10.5. The lowest BCUT2D eigenvalue weighted by Crippen LogP contribution is -2.51. The summed E-state index contributed by atoms with van der Waals surface area (Å²) in [5.74, 6) is 1.40. The molecule has 1 unspecified atom stereocenters. The molecule has 6 nitrogen and oxygen atoms in total. The molecule has 0 aliphatic carbocycles. The molecule has 0 radical (unpaired) electrons. The number of amides is 1. The summed E-state index contributed by atoms with van der Waals surface area (Å²) in [5.41, 5.74) is 0.738. The van der Waals surface area contributed by atoms with Crippen LogP contribution in [0.15, 0.2) is 18.2 Å². The number of benzene rings is 1. The lowest BCUT2D eigenvalue weighted by atomic mass is 10.2. The molecule has 1 atom stereocenters. The van der Waals surface area contributed by atoms with Crippen molar-refractivity contribution in [2.75, 3.05) is 38.3 Å². The van der Waals surface area contributed by atoms with E-state index in [2.05, 4.69) is 22.5 Å². The summed E-state index contributed by atoms with van der Waals surface area (Å²) in [6.07, 6.45) is 0. The third-order valence-corrected chi connectivity index (χ3v) is 3.48. The number of piperazine rings is 1. The molecule has 116 valence electrons. The van der Waals surface area contributed by atoms with E-state index < -0.39 is 0 Å². The van der Waals surface area contributed by atoms with Gasteiger partial charge < -0.3 is 20.1 Å². The van der Waals surface area contributed by atoms with E-state index in [9.17, 15) is 4.79 Å². The number of nitrogens with zero attached hydrogens (tertiary/aromatic N) is 1.